The molecule has 0 aliphatic rings. The van der Waals surface area contributed by atoms with Crippen LogP contribution < -0.4 is 0 Å². The molecule has 0 spiro atoms. The third-order valence-corrected chi connectivity index (χ3v) is 1.95. The molecule has 0 fully saturated rings. The Hall–Kier alpha value is -2.15. The summed E-state index contributed by atoms with van der Waals surface area (Å²) >= 11 is 0. The molecule has 0 aliphatic carbocycles. The van der Waals surface area contributed by atoms with Gasteiger partial charge in [0, 0.05) is 6.07 Å². The van der Waals surface area contributed by atoms with Gasteiger partial charge in [0.25, 0.3) is 0 Å². The van der Waals surface area contributed by atoms with Gasteiger partial charge in [-0.05, 0) is 17.7 Å². The Balaban J connectivity index is 2.96. The predicted octanol–water partition coefficient (Wildman–Crippen LogP) is 0.808. The molecule has 16 heavy (non-hydrogen) atoms. The standard InChI is InChI=1S/C9H9NO6/c11-7(4-9(13)14)5-1-2-6(10(15)16)8(12)3-5/h1-3,7,11-12H,4H2,(H,13,14)/t7-/m1/s1. The Morgan fingerprint density at radius 3 is 2.56 bits per heavy atom. The van der Waals surface area contributed by atoms with Crippen LogP contribution in [0.25, 0.3) is 0 Å². The summed E-state index contributed by atoms with van der Waals surface area (Å²) in [6, 6.07) is 3.19. The van der Waals surface area contributed by atoms with E-state index in [-0.39, 0.29) is 5.56 Å². The SMILES string of the molecule is O=C(O)C[C@@H](O)c1ccc([N+](=O)[O-])c(O)c1. The highest BCUT2D eigenvalue weighted by atomic mass is 16.6. The minimum Gasteiger partial charge on any atom is -0.502 e. The minimum atomic E-state index is -1.30. The average Bonchev–Trinajstić information content (AvgIpc) is 2.15. The fraction of sp³-hybridized carbons (Fsp3) is 0.222. The number of nitro benzene ring substituents is 1. The van der Waals surface area contributed by atoms with Crippen molar-refractivity contribution < 1.29 is 25.0 Å². The highest BCUT2D eigenvalue weighted by molar-refractivity contribution is 5.67. The van der Waals surface area contributed by atoms with Crippen LogP contribution in [0, 0.1) is 10.1 Å². The van der Waals surface area contributed by atoms with Gasteiger partial charge in [-0.3, -0.25) is 14.9 Å². The smallest absolute Gasteiger partial charge is 0.310 e. The second kappa shape index (κ2) is 4.58. The van der Waals surface area contributed by atoms with Crippen molar-refractivity contribution in [2.45, 2.75) is 12.5 Å². The van der Waals surface area contributed by atoms with Gasteiger partial charge in [0.05, 0.1) is 17.4 Å². The number of benzene rings is 1. The van der Waals surface area contributed by atoms with Crippen molar-refractivity contribution in [1.82, 2.24) is 0 Å². The number of rotatable bonds is 4. The monoisotopic (exact) mass is 227 g/mol. The van der Waals surface area contributed by atoms with Gasteiger partial charge in [-0.15, -0.1) is 0 Å². The van der Waals surface area contributed by atoms with Gasteiger partial charge in [-0.25, -0.2) is 0 Å². The molecule has 0 aromatic heterocycles. The number of aromatic hydroxyl groups is 1. The first-order valence-electron chi connectivity index (χ1n) is 4.29. The van der Waals surface area contributed by atoms with Gasteiger partial charge in [0.2, 0.25) is 0 Å². The van der Waals surface area contributed by atoms with Crippen molar-refractivity contribution >= 4 is 11.7 Å². The fourth-order valence-corrected chi connectivity index (χ4v) is 1.19. The first-order valence-corrected chi connectivity index (χ1v) is 4.29. The van der Waals surface area contributed by atoms with Crippen LogP contribution in [0.4, 0.5) is 5.69 Å². The number of nitro groups is 1. The molecule has 1 atom stereocenters. The highest BCUT2D eigenvalue weighted by Gasteiger charge is 2.17. The number of carboxylic acids is 1. The zero-order valence-corrected chi connectivity index (χ0v) is 8.03. The zero-order chi connectivity index (χ0) is 12.3. The number of carbonyl (C=O) groups is 1. The summed E-state index contributed by atoms with van der Waals surface area (Å²) in [7, 11) is 0. The van der Waals surface area contributed by atoms with Crippen molar-refractivity contribution in [1.29, 1.82) is 0 Å². The van der Waals surface area contributed by atoms with Crippen LogP contribution in [0.15, 0.2) is 18.2 Å². The number of phenolic OH excluding ortho intramolecular Hbond substituents is 1. The van der Waals surface area contributed by atoms with Crippen molar-refractivity contribution in [3.63, 3.8) is 0 Å². The van der Waals surface area contributed by atoms with Gasteiger partial charge in [-0.2, -0.15) is 0 Å². The van der Waals surface area contributed by atoms with E-state index in [2.05, 4.69) is 0 Å². The fourth-order valence-electron chi connectivity index (χ4n) is 1.19. The number of carboxylic acid groups (broad SMARTS) is 1. The lowest BCUT2D eigenvalue weighted by molar-refractivity contribution is -0.385. The van der Waals surface area contributed by atoms with Gasteiger partial charge in [0.1, 0.15) is 0 Å². The number of phenols is 1. The summed E-state index contributed by atoms with van der Waals surface area (Å²) in [6.45, 7) is 0. The molecule has 0 amide bonds. The normalized spacial score (nSPS) is 12.1. The van der Waals surface area contributed by atoms with Gasteiger partial charge >= 0.3 is 11.7 Å². The molecule has 0 aliphatic heterocycles. The van der Waals surface area contributed by atoms with Gasteiger partial charge < -0.3 is 15.3 Å². The van der Waals surface area contributed by atoms with E-state index in [4.69, 9.17) is 5.11 Å². The molecule has 0 unspecified atom stereocenters. The largest absolute Gasteiger partial charge is 0.502 e. The molecule has 86 valence electrons. The number of aliphatic hydroxyl groups is 1. The molecule has 1 aromatic carbocycles. The summed E-state index contributed by atoms with van der Waals surface area (Å²) in [5.41, 5.74) is -0.378. The Kier molecular flexibility index (Phi) is 3.41. The quantitative estimate of drug-likeness (QED) is 0.516. The Morgan fingerprint density at radius 2 is 2.12 bits per heavy atom. The summed E-state index contributed by atoms with van der Waals surface area (Å²) in [4.78, 5) is 19.9. The summed E-state index contributed by atoms with van der Waals surface area (Å²) in [5, 5.41) is 37.4. The third kappa shape index (κ3) is 2.67. The molecule has 0 saturated carbocycles. The number of aliphatic carboxylic acids is 1. The van der Waals surface area contributed by atoms with E-state index in [1.807, 2.05) is 0 Å². The number of hydrogen-bond donors (Lipinski definition) is 3. The lowest BCUT2D eigenvalue weighted by Crippen LogP contribution is -2.05. The van der Waals surface area contributed by atoms with Gasteiger partial charge in [-0.1, -0.05) is 0 Å². The van der Waals surface area contributed by atoms with E-state index in [9.17, 15) is 25.1 Å². The molecule has 0 saturated heterocycles. The van der Waals surface area contributed by atoms with Crippen molar-refractivity contribution in [2.24, 2.45) is 0 Å². The Morgan fingerprint density at radius 1 is 1.50 bits per heavy atom. The molecule has 0 heterocycles. The second-order valence-electron chi connectivity index (χ2n) is 3.12. The minimum absolute atomic E-state index is 0.116. The van der Waals surface area contributed by atoms with Crippen molar-refractivity contribution in [3.8, 4) is 5.75 Å². The van der Waals surface area contributed by atoms with E-state index in [0.29, 0.717) is 0 Å². The van der Waals surface area contributed by atoms with Crippen LogP contribution in [-0.2, 0) is 4.79 Å². The van der Waals surface area contributed by atoms with E-state index in [1.165, 1.54) is 6.07 Å². The van der Waals surface area contributed by atoms with Crippen LogP contribution in [-0.4, -0.2) is 26.2 Å². The van der Waals surface area contributed by atoms with Crippen molar-refractivity contribution in [3.05, 3.63) is 33.9 Å². The van der Waals surface area contributed by atoms with Gasteiger partial charge in [0.15, 0.2) is 5.75 Å². The van der Waals surface area contributed by atoms with E-state index in [1.54, 1.807) is 0 Å². The van der Waals surface area contributed by atoms with Crippen LogP contribution in [0.2, 0.25) is 0 Å². The predicted molar refractivity (Wildman–Crippen MR) is 52.0 cm³/mol. The van der Waals surface area contributed by atoms with Crippen LogP contribution in [0.3, 0.4) is 0 Å². The lowest BCUT2D eigenvalue weighted by atomic mass is 10.1. The first-order chi connectivity index (χ1) is 7.41. The lowest BCUT2D eigenvalue weighted by Gasteiger charge is -2.08. The van der Waals surface area contributed by atoms with Crippen LogP contribution in [0.5, 0.6) is 5.75 Å². The molecule has 7 heteroatoms. The second-order valence-corrected chi connectivity index (χ2v) is 3.12. The van der Waals surface area contributed by atoms with E-state index >= 15 is 0 Å². The number of aliphatic hydroxyl groups excluding tert-OH is 1. The molecular weight excluding hydrogens is 218 g/mol. The Bertz CT molecular complexity index is 430. The topological polar surface area (TPSA) is 121 Å². The molecule has 0 radical (unpaired) electrons. The molecule has 7 nitrogen and oxygen atoms in total. The van der Waals surface area contributed by atoms with E-state index in [0.717, 1.165) is 12.1 Å². The highest BCUT2D eigenvalue weighted by Crippen LogP contribution is 2.29. The molecule has 1 aromatic rings. The molecular formula is C9H9NO6. The van der Waals surface area contributed by atoms with Crippen LogP contribution >= 0.6 is 0 Å². The summed E-state index contributed by atoms with van der Waals surface area (Å²) < 4.78 is 0. The van der Waals surface area contributed by atoms with Crippen LogP contribution in [0.1, 0.15) is 18.1 Å². The van der Waals surface area contributed by atoms with Crippen molar-refractivity contribution in [2.75, 3.05) is 0 Å². The third-order valence-electron chi connectivity index (χ3n) is 1.95. The maximum atomic E-state index is 10.4. The first kappa shape index (κ1) is 11.9. The number of hydrogen-bond acceptors (Lipinski definition) is 5. The van der Waals surface area contributed by atoms with E-state index < -0.39 is 34.9 Å². The summed E-state index contributed by atoms with van der Waals surface area (Å²) in [5.74, 6) is -1.81. The maximum Gasteiger partial charge on any atom is 0.310 e. The summed E-state index contributed by atoms with van der Waals surface area (Å²) in [6.07, 6.45) is -1.83. The number of nitrogens with zero attached hydrogens (tertiary/aromatic N) is 1. The maximum absolute atomic E-state index is 10.4. The molecule has 3 N–H and O–H groups in total. The molecule has 0 bridgehead atoms. The molecule has 1 rings (SSSR count). The zero-order valence-electron chi connectivity index (χ0n) is 8.03. The Labute approximate surface area is 89.7 Å². The average molecular weight is 227 g/mol.